The number of amidine groups is 1. The summed E-state index contributed by atoms with van der Waals surface area (Å²) < 4.78 is 5.20. The van der Waals surface area contributed by atoms with Gasteiger partial charge in [0, 0.05) is 23.1 Å². The molecule has 130 valence electrons. The van der Waals surface area contributed by atoms with Crippen molar-refractivity contribution < 1.29 is 9.32 Å². The lowest BCUT2D eigenvalue weighted by Crippen LogP contribution is -2.13. The summed E-state index contributed by atoms with van der Waals surface area (Å²) in [5, 5.41) is 8.62. The van der Waals surface area contributed by atoms with Crippen LogP contribution in [-0.4, -0.2) is 21.8 Å². The maximum atomic E-state index is 12.4. The highest BCUT2D eigenvalue weighted by Crippen LogP contribution is 2.23. The van der Waals surface area contributed by atoms with Crippen molar-refractivity contribution in [2.24, 2.45) is 5.10 Å². The third-order valence-corrected chi connectivity index (χ3v) is 3.68. The molecule has 0 aliphatic rings. The predicted molar refractivity (Wildman–Crippen MR) is 98.9 cm³/mol. The summed E-state index contributed by atoms with van der Waals surface area (Å²) in [6.45, 7) is 13.1. The molecule has 1 aromatic carbocycles. The average molecular weight is 347 g/mol. The molecule has 1 N–H and O–H groups in total. The molecule has 7 heteroatoms. The van der Waals surface area contributed by atoms with Crippen LogP contribution >= 0.6 is 0 Å². The molecule has 0 saturated heterocycles. The lowest BCUT2D eigenvalue weighted by atomic mass is 9.93. The van der Waals surface area contributed by atoms with E-state index in [2.05, 4.69) is 25.5 Å². The molecular weight excluding hydrogens is 330 g/mol. The smallest absolute Gasteiger partial charge is 0.343 e. The minimum Gasteiger partial charge on any atom is -0.360 e. The fourth-order valence-electron chi connectivity index (χ4n) is 2.24. The minimum absolute atomic E-state index is 0.0641. The molecule has 7 nitrogen and oxygen atoms in total. The molecule has 26 heavy (non-hydrogen) atoms. The summed E-state index contributed by atoms with van der Waals surface area (Å²) in [4.78, 5) is 19.9. The van der Waals surface area contributed by atoms with E-state index in [1.54, 1.807) is 18.3 Å². The monoisotopic (exact) mass is 347 g/mol. The summed E-state index contributed by atoms with van der Waals surface area (Å²) in [5.41, 5.74) is 4.02. The van der Waals surface area contributed by atoms with Crippen LogP contribution in [0, 0.1) is 6.57 Å². The summed E-state index contributed by atoms with van der Waals surface area (Å²) in [6.07, 6.45) is 1.72. The van der Waals surface area contributed by atoms with Crippen LogP contribution in [0.25, 0.3) is 15.7 Å². The summed E-state index contributed by atoms with van der Waals surface area (Å²) >= 11 is 0. The zero-order valence-corrected chi connectivity index (χ0v) is 14.6. The Balaban J connectivity index is 1.82. The molecule has 3 aromatic rings. The Morgan fingerprint density at radius 2 is 2.08 bits per heavy atom. The Labute approximate surface area is 150 Å². The Morgan fingerprint density at radius 3 is 2.77 bits per heavy atom. The van der Waals surface area contributed by atoms with Crippen LogP contribution in [0.5, 0.6) is 0 Å². The molecule has 0 aliphatic carbocycles. The van der Waals surface area contributed by atoms with Crippen molar-refractivity contribution in [3.05, 3.63) is 65.5 Å². The van der Waals surface area contributed by atoms with E-state index in [0.717, 1.165) is 10.9 Å². The van der Waals surface area contributed by atoms with Crippen molar-refractivity contribution in [2.75, 3.05) is 5.43 Å². The summed E-state index contributed by atoms with van der Waals surface area (Å²) in [6, 6.07) is 10.7. The number of hydrazone groups is 1. The van der Waals surface area contributed by atoms with Gasteiger partial charge in [-0.3, -0.25) is 9.78 Å². The number of ketones is 1. The van der Waals surface area contributed by atoms with E-state index in [-0.39, 0.29) is 16.9 Å². The van der Waals surface area contributed by atoms with Crippen LogP contribution in [0.3, 0.4) is 0 Å². The van der Waals surface area contributed by atoms with Crippen LogP contribution in [0.4, 0.5) is 5.69 Å². The van der Waals surface area contributed by atoms with E-state index in [4.69, 9.17) is 11.1 Å². The lowest BCUT2D eigenvalue weighted by Gasteiger charge is -2.11. The highest BCUT2D eigenvalue weighted by molar-refractivity contribution is 6.48. The second-order valence-corrected chi connectivity index (χ2v) is 6.73. The Kier molecular flexibility index (Phi) is 4.50. The van der Waals surface area contributed by atoms with Crippen molar-refractivity contribution in [3.63, 3.8) is 0 Å². The first-order chi connectivity index (χ1) is 12.4. The molecule has 3 rings (SSSR count). The normalized spacial score (nSPS) is 12.0. The van der Waals surface area contributed by atoms with Crippen molar-refractivity contribution in [1.82, 2.24) is 10.1 Å². The van der Waals surface area contributed by atoms with E-state index in [1.165, 1.54) is 0 Å². The molecule has 0 aliphatic heterocycles. The van der Waals surface area contributed by atoms with Crippen molar-refractivity contribution >= 4 is 28.2 Å². The number of pyridine rings is 1. The molecular formula is C19H17N5O2. The standard InChI is InChI=1S/C19H17N5O2/c1-19(2,3)16-11-15(24-26-16)17(25)18(20-4)23-22-13-7-8-14-12(10-13)6-5-9-21-14/h5-11,22H,1-3H3/b23-18+. The van der Waals surface area contributed by atoms with Crippen LogP contribution in [-0.2, 0) is 5.41 Å². The van der Waals surface area contributed by atoms with Gasteiger partial charge in [0.1, 0.15) is 11.5 Å². The molecule has 2 heterocycles. The van der Waals surface area contributed by atoms with Gasteiger partial charge in [-0.15, -0.1) is 0 Å². The van der Waals surface area contributed by atoms with Gasteiger partial charge in [0.15, 0.2) is 0 Å². The molecule has 0 atom stereocenters. The number of benzene rings is 1. The van der Waals surface area contributed by atoms with Gasteiger partial charge in [0.05, 0.1) is 11.2 Å². The molecule has 0 amide bonds. The Morgan fingerprint density at radius 1 is 1.27 bits per heavy atom. The molecule has 0 saturated carbocycles. The van der Waals surface area contributed by atoms with Gasteiger partial charge in [-0.25, -0.2) is 5.43 Å². The third-order valence-electron chi connectivity index (χ3n) is 3.68. The topological polar surface area (TPSA) is 84.7 Å². The van der Waals surface area contributed by atoms with E-state index in [9.17, 15) is 4.79 Å². The first-order valence-corrected chi connectivity index (χ1v) is 7.96. The highest BCUT2D eigenvalue weighted by atomic mass is 16.5. The van der Waals surface area contributed by atoms with Crippen molar-refractivity contribution in [3.8, 4) is 0 Å². The minimum atomic E-state index is -0.589. The molecule has 0 fully saturated rings. The van der Waals surface area contributed by atoms with E-state index in [1.807, 2.05) is 45.0 Å². The average Bonchev–Trinajstić information content (AvgIpc) is 3.12. The van der Waals surface area contributed by atoms with Gasteiger partial charge in [0.2, 0.25) is 5.78 Å². The SMILES string of the molecule is [C-]#[N+]/C(=N/Nc1ccc2ncccc2c1)C(=O)c1cc(C(C)(C)C)on1. The molecule has 0 unspecified atom stereocenters. The van der Waals surface area contributed by atoms with Gasteiger partial charge < -0.3 is 9.37 Å². The van der Waals surface area contributed by atoms with Crippen molar-refractivity contribution in [1.29, 1.82) is 0 Å². The maximum Gasteiger partial charge on any atom is 0.343 e. The summed E-state index contributed by atoms with van der Waals surface area (Å²) in [7, 11) is 0. The van der Waals surface area contributed by atoms with Gasteiger partial charge in [-0.05, 0) is 29.4 Å². The van der Waals surface area contributed by atoms with E-state index in [0.29, 0.717) is 11.4 Å². The largest absolute Gasteiger partial charge is 0.360 e. The van der Waals surface area contributed by atoms with Crippen LogP contribution in [0.2, 0.25) is 0 Å². The molecule has 0 radical (unpaired) electrons. The number of carbonyl (C=O) groups is 1. The molecule has 0 bridgehead atoms. The van der Waals surface area contributed by atoms with Crippen LogP contribution in [0.1, 0.15) is 37.0 Å². The number of hydrogen-bond donors (Lipinski definition) is 1. The Hall–Kier alpha value is -3.53. The molecule has 0 spiro atoms. The fraction of sp³-hybridized carbons (Fsp3) is 0.211. The van der Waals surface area contributed by atoms with Gasteiger partial charge in [-0.2, -0.15) is 0 Å². The second-order valence-electron chi connectivity index (χ2n) is 6.73. The van der Waals surface area contributed by atoms with Gasteiger partial charge >= 0.3 is 5.84 Å². The Bertz CT molecular complexity index is 1040. The number of rotatable bonds is 4. The van der Waals surface area contributed by atoms with E-state index < -0.39 is 5.78 Å². The summed E-state index contributed by atoms with van der Waals surface area (Å²) in [5.74, 6) is -0.334. The zero-order chi connectivity index (χ0) is 18.7. The number of anilines is 1. The number of Topliss-reactive ketones (excluding diaryl/α,β-unsaturated/α-hetero) is 1. The first kappa shape index (κ1) is 17.3. The predicted octanol–water partition coefficient (Wildman–Crippen LogP) is 4.05. The first-order valence-electron chi connectivity index (χ1n) is 7.96. The number of hydrogen-bond acceptors (Lipinski definition) is 6. The third kappa shape index (κ3) is 3.59. The number of nitrogens with zero attached hydrogens (tertiary/aromatic N) is 4. The fourth-order valence-corrected chi connectivity index (χ4v) is 2.24. The lowest BCUT2D eigenvalue weighted by molar-refractivity contribution is 0.105. The van der Waals surface area contributed by atoms with E-state index >= 15 is 0 Å². The van der Waals surface area contributed by atoms with Gasteiger partial charge in [-0.1, -0.05) is 38.6 Å². The van der Waals surface area contributed by atoms with Crippen LogP contribution < -0.4 is 5.43 Å². The number of carbonyl (C=O) groups excluding carboxylic acids is 1. The van der Waals surface area contributed by atoms with Crippen molar-refractivity contribution in [2.45, 2.75) is 26.2 Å². The van der Waals surface area contributed by atoms with Gasteiger partial charge in [0.25, 0.3) is 0 Å². The highest BCUT2D eigenvalue weighted by Gasteiger charge is 2.24. The second kappa shape index (κ2) is 6.76. The maximum absolute atomic E-state index is 12.4. The number of aromatic nitrogens is 2. The molecule has 2 aromatic heterocycles. The number of fused-ring (bicyclic) bond motifs is 1. The zero-order valence-electron chi connectivity index (χ0n) is 14.6. The quantitative estimate of drug-likeness (QED) is 0.253. The number of nitrogens with one attached hydrogen (secondary N) is 1. The van der Waals surface area contributed by atoms with Crippen LogP contribution in [0.15, 0.2) is 52.2 Å².